The maximum absolute atomic E-state index is 13.6. The molecule has 2 heterocycles. The van der Waals surface area contributed by atoms with E-state index in [0.29, 0.717) is 42.3 Å². The highest BCUT2D eigenvalue weighted by atomic mass is 19.4. The van der Waals surface area contributed by atoms with Gasteiger partial charge in [-0.05, 0) is 60.0 Å². The Morgan fingerprint density at radius 3 is 2.24 bits per heavy atom. The summed E-state index contributed by atoms with van der Waals surface area (Å²) in [5, 5.41) is 0. The number of hydrogen-bond donors (Lipinski definition) is 0. The largest absolute Gasteiger partial charge is 0.493 e. The van der Waals surface area contributed by atoms with E-state index in [9.17, 15) is 22.4 Å². The summed E-state index contributed by atoms with van der Waals surface area (Å²) < 4.78 is 64.7. The number of likely N-dealkylation sites (tertiary alicyclic amines) is 1. The van der Waals surface area contributed by atoms with Gasteiger partial charge in [-0.2, -0.15) is 13.2 Å². The topological polar surface area (TPSA) is 45.2 Å². The summed E-state index contributed by atoms with van der Waals surface area (Å²) in [7, 11) is 3.01. The maximum Gasteiger partial charge on any atom is 0.416 e. The van der Waals surface area contributed by atoms with Gasteiger partial charge in [-0.1, -0.05) is 18.2 Å². The van der Waals surface area contributed by atoms with Crippen LogP contribution in [0.15, 0.2) is 66.7 Å². The first kappa shape index (κ1) is 28.7. The molecular formula is C31H33F4N3O3. The number of halogens is 4. The van der Waals surface area contributed by atoms with Crippen molar-refractivity contribution in [3.8, 4) is 11.5 Å². The molecule has 2 aliphatic heterocycles. The molecule has 0 aromatic heterocycles. The summed E-state index contributed by atoms with van der Waals surface area (Å²) in [6, 6.07) is 16.9. The van der Waals surface area contributed by atoms with Gasteiger partial charge >= 0.3 is 6.18 Å². The average Bonchev–Trinajstić information content (AvgIpc) is 3.40. The lowest BCUT2D eigenvalue weighted by Crippen LogP contribution is -2.48. The normalized spacial score (nSPS) is 19.9. The van der Waals surface area contributed by atoms with Gasteiger partial charge in [0.2, 0.25) is 0 Å². The number of carbonyl (C=O) groups excluding carboxylic acids is 1. The van der Waals surface area contributed by atoms with E-state index in [2.05, 4.69) is 9.80 Å². The van der Waals surface area contributed by atoms with E-state index >= 15 is 0 Å². The predicted molar refractivity (Wildman–Crippen MR) is 148 cm³/mol. The van der Waals surface area contributed by atoms with Crippen LogP contribution in [-0.4, -0.2) is 75.7 Å². The van der Waals surface area contributed by atoms with E-state index in [0.717, 1.165) is 37.9 Å². The average molecular weight is 572 g/mol. The predicted octanol–water partition coefficient (Wildman–Crippen LogP) is 5.54. The molecule has 0 spiro atoms. The van der Waals surface area contributed by atoms with Gasteiger partial charge in [0.25, 0.3) is 5.91 Å². The van der Waals surface area contributed by atoms with E-state index in [1.807, 2.05) is 0 Å². The zero-order chi connectivity index (χ0) is 29.1. The van der Waals surface area contributed by atoms with Crippen molar-refractivity contribution in [1.29, 1.82) is 0 Å². The van der Waals surface area contributed by atoms with E-state index in [-0.39, 0.29) is 23.6 Å². The van der Waals surface area contributed by atoms with Crippen molar-refractivity contribution in [2.75, 3.05) is 64.9 Å². The fourth-order valence-electron chi connectivity index (χ4n) is 5.87. The van der Waals surface area contributed by atoms with Gasteiger partial charge in [-0.25, -0.2) is 4.39 Å². The molecule has 6 nitrogen and oxygen atoms in total. The van der Waals surface area contributed by atoms with Crippen LogP contribution >= 0.6 is 0 Å². The molecule has 3 aromatic carbocycles. The Morgan fingerprint density at radius 2 is 1.59 bits per heavy atom. The zero-order valence-corrected chi connectivity index (χ0v) is 23.0. The number of hydrogen-bond acceptors (Lipinski definition) is 5. The molecule has 2 fully saturated rings. The first-order valence-electron chi connectivity index (χ1n) is 13.6. The number of methoxy groups -OCH3 is 2. The minimum Gasteiger partial charge on any atom is -0.493 e. The Balaban J connectivity index is 1.35. The number of amides is 1. The fraction of sp³-hybridized carbons (Fsp3) is 0.387. The van der Waals surface area contributed by atoms with Gasteiger partial charge in [0.05, 0.1) is 19.8 Å². The fourth-order valence-corrected chi connectivity index (χ4v) is 5.87. The van der Waals surface area contributed by atoms with Gasteiger partial charge in [-0.3, -0.25) is 9.69 Å². The van der Waals surface area contributed by atoms with Crippen LogP contribution in [0.4, 0.5) is 23.2 Å². The molecule has 2 saturated heterocycles. The quantitative estimate of drug-likeness (QED) is 0.349. The van der Waals surface area contributed by atoms with Crippen LogP contribution in [0.5, 0.6) is 11.5 Å². The Bertz CT molecular complexity index is 1360. The molecule has 0 radical (unpaired) electrons. The molecule has 41 heavy (non-hydrogen) atoms. The minimum absolute atomic E-state index is 0.0556. The van der Waals surface area contributed by atoms with E-state index < -0.39 is 11.7 Å². The summed E-state index contributed by atoms with van der Waals surface area (Å²) >= 11 is 0. The molecule has 2 unspecified atom stereocenters. The second-order valence-corrected chi connectivity index (χ2v) is 10.5. The molecule has 0 N–H and O–H groups in total. The Morgan fingerprint density at radius 1 is 0.878 bits per heavy atom. The highest BCUT2D eigenvalue weighted by Crippen LogP contribution is 2.38. The SMILES string of the molecule is COc1ccc(C(=O)N2CC(CN3CCN(c4ccc(F)cc4)CC3)C(c3cccc(C(F)(F)F)c3)C2)cc1OC. The number of nitrogens with zero attached hydrogens (tertiary/aromatic N) is 3. The molecule has 218 valence electrons. The Labute approximate surface area is 237 Å². The lowest BCUT2D eigenvalue weighted by Gasteiger charge is -2.38. The van der Waals surface area contributed by atoms with Crippen LogP contribution in [0.3, 0.4) is 0 Å². The van der Waals surface area contributed by atoms with Crippen molar-refractivity contribution < 1.29 is 31.8 Å². The lowest BCUT2D eigenvalue weighted by atomic mass is 9.87. The zero-order valence-electron chi connectivity index (χ0n) is 23.0. The van der Waals surface area contributed by atoms with Gasteiger partial charge in [0, 0.05) is 63.0 Å². The molecule has 10 heteroatoms. The van der Waals surface area contributed by atoms with Crippen LogP contribution < -0.4 is 14.4 Å². The first-order chi connectivity index (χ1) is 19.7. The maximum atomic E-state index is 13.6. The van der Waals surface area contributed by atoms with Crippen molar-refractivity contribution in [3.05, 3.63) is 89.2 Å². The van der Waals surface area contributed by atoms with Crippen LogP contribution in [0, 0.1) is 11.7 Å². The molecule has 0 bridgehead atoms. The van der Waals surface area contributed by atoms with E-state index in [1.54, 1.807) is 41.3 Å². The third-order valence-corrected chi connectivity index (χ3v) is 8.06. The minimum atomic E-state index is -4.45. The van der Waals surface area contributed by atoms with Gasteiger partial charge < -0.3 is 19.3 Å². The summed E-state index contributed by atoms with van der Waals surface area (Å²) in [4.78, 5) is 19.8. The number of piperazine rings is 1. The second-order valence-electron chi connectivity index (χ2n) is 10.5. The third kappa shape index (κ3) is 6.43. The number of benzene rings is 3. The summed E-state index contributed by atoms with van der Waals surface area (Å²) in [6.07, 6.45) is -4.45. The van der Waals surface area contributed by atoms with E-state index in [4.69, 9.17) is 9.47 Å². The molecule has 0 saturated carbocycles. The van der Waals surface area contributed by atoms with Crippen LogP contribution in [0.25, 0.3) is 0 Å². The van der Waals surface area contributed by atoms with E-state index in [1.165, 1.54) is 38.5 Å². The van der Waals surface area contributed by atoms with Crippen LogP contribution in [-0.2, 0) is 6.18 Å². The number of ether oxygens (including phenoxy) is 2. The van der Waals surface area contributed by atoms with Gasteiger partial charge in [0.1, 0.15) is 5.82 Å². The number of anilines is 1. The molecule has 3 aromatic rings. The van der Waals surface area contributed by atoms with Crippen molar-refractivity contribution >= 4 is 11.6 Å². The molecule has 2 atom stereocenters. The molecule has 1 amide bonds. The smallest absolute Gasteiger partial charge is 0.416 e. The van der Waals surface area contributed by atoms with Crippen molar-refractivity contribution in [3.63, 3.8) is 0 Å². The third-order valence-electron chi connectivity index (χ3n) is 8.06. The summed E-state index contributed by atoms with van der Waals surface area (Å²) in [5.74, 6) is 0.150. The van der Waals surface area contributed by atoms with Crippen LogP contribution in [0.2, 0.25) is 0 Å². The van der Waals surface area contributed by atoms with Gasteiger partial charge in [0.15, 0.2) is 11.5 Å². The Kier molecular flexibility index (Phi) is 8.40. The molecule has 2 aliphatic rings. The second kappa shape index (κ2) is 12.0. The number of alkyl halides is 3. The highest BCUT2D eigenvalue weighted by molar-refractivity contribution is 5.95. The number of carbonyl (C=O) groups is 1. The van der Waals surface area contributed by atoms with Crippen LogP contribution in [0.1, 0.15) is 27.4 Å². The lowest BCUT2D eigenvalue weighted by molar-refractivity contribution is -0.137. The highest BCUT2D eigenvalue weighted by Gasteiger charge is 2.39. The van der Waals surface area contributed by atoms with Gasteiger partial charge in [-0.15, -0.1) is 0 Å². The van der Waals surface area contributed by atoms with Crippen molar-refractivity contribution in [1.82, 2.24) is 9.80 Å². The molecule has 0 aliphatic carbocycles. The van der Waals surface area contributed by atoms with Crippen molar-refractivity contribution in [2.24, 2.45) is 5.92 Å². The molecular weight excluding hydrogens is 538 g/mol. The Hall–Kier alpha value is -3.79. The summed E-state index contributed by atoms with van der Waals surface area (Å²) in [6.45, 7) is 4.40. The monoisotopic (exact) mass is 571 g/mol. The standard InChI is InChI=1S/C31H33F4N3O3/c1-40-28-11-6-22(17-29(28)41-2)30(39)38-19-23(27(20-38)21-4-3-5-24(16-21)31(33,34)35)18-36-12-14-37(15-13-36)26-9-7-25(32)8-10-26/h3-11,16-17,23,27H,12-15,18-20H2,1-2H3. The van der Waals surface area contributed by atoms with Crippen molar-refractivity contribution in [2.45, 2.75) is 12.1 Å². The summed E-state index contributed by atoms with van der Waals surface area (Å²) in [5.41, 5.74) is 1.28. The number of rotatable bonds is 7. The first-order valence-corrected chi connectivity index (χ1v) is 13.6. The molecule has 5 rings (SSSR count).